The summed E-state index contributed by atoms with van der Waals surface area (Å²) in [5.74, 6) is -1.14. The number of aliphatic hydroxyl groups excluding tert-OH is 1. The molecule has 13 nitrogen and oxygen atoms in total. The van der Waals surface area contributed by atoms with Gasteiger partial charge < -0.3 is 49.7 Å². The number of phenols is 1. The van der Waals surface area contributed by atoms with E-state index in [0.29, 0.717) is 12.0 Å². The molecule has 43 heavy (non-hydrogen) atoms. The van der Waals surface area contributed by atoms with Gasteiger partial charge in [-0.25, -0.2) is 9.59 Å². The maximum absolute atomic E-state index is 12.9. The highest BCUT2D eigenvalue weighted by Crippen LogP contribution is 2.36. The molecule has 1 aromatic heterocycles. The molecular weight excluding hydrogens is 564 g/mol. The van der Waals surface area contributed by atoms with Gasteiger partial charge in [0.2, 0.25) is 6.29 Å². The molecule has 13 heteroatoms. The molecule has 1 fully saturated rings. The molecule has 4 rings (SSSR count). The first-order chi connectivity index (χ1) is 20.2. The Labute approximate surface area is 246 Å². The fourth-order valence-electron chi connectivity index (χ4n) is 4.82. The second kappa shape index (κ2) is 12.3. The van der Waals surface area contributed by atoms with Crippen LogP contribution < -0.4 is 21.4 Å². The molecule has 4 atom stereocenters. The number of amides is 2. The van der Waals surface area contributed by atoms with E-state index in [1.165, 1.54) is 43.5 Å². The van der Waals surface area contributed by atoms with Crippen LogP contribution in [0.1, 0.15) is 43.6 Å². The number of carbonyl (C=O) groups is 2. The third-order valence-corrected chi connectivity index (χ3v) is 6.94. The molecule has 1 unspecified atom stereocenters. The van der Waals surface area contributed by atoms with Gasteiger partial charge in [-0.1, -0.05) is 11.6 Å². The number of primary amides is 1. The van der Waals surface area contributed by atoms with E-state index in [4.69, 9.17) is 29.1 Å². The fourth-order valence-corrected chi connectivity index (χ4v) is 4.82. The van der Waals surface area contributed by atoms with Gasteiger partial charge in [0.05, 0.1) is 11.0 Å². The van der Waals surface area contributed by atoms with Crippen LogP contribution in [0.15, 0.2) is 57.3 Å². The van der Waals surface area contributed by atoms with Crippen molar-refractivity contribution < 1.29 is 48.3 Å². The first kappa shape index (κ1) is 31.3. The Morgan fingerprint density at radius 1 is 1.14 bits per heavy atom. The number of nitrogens with two attached hydrogens (primary N) is 1. The van der Waals surface area contributed by atoms with Gasteiger partial charge >= 0.3 is 11.7 Å². The lowest BCUT2D eigenvalue weighted by atomic mass is 9.89. The van der Waals surface area contributed by atoms with Crippen LogP contribution in [-0.4, -0.2) is 64.6 Å². The number of rotatable bonds is 8. The molecular formula is C30H34N2O11. The first-order valence-corrected chi connectivity index (χ1v) is 13.3. The molecule has 2 heterocycles. The molecule has 2 amide bonds. The monoisotopic (exact) mass is 598 g/mol. The average Bonchev–Trinajstić information content (AvgIpc) is 2.92. The summed E-state index contributed by atoms with van der Waals surface area (Å²) in [6.45, 7) is 7.12. The van der Waals surface area contributed by atoms with Crippen LogP contribution in [0.5, 0.6) is 17.2 Å². The standard InChI is InChI=1S/C30H34N2O11/c1-14(2)6-7-15-12-16(8-11-19(15)33)26(36)32-21-22(34)18-10-9-17(13-20(18)41-27(21)37)40-28-23(35)24(42-29(31)38)25(39-5)30(3,4)43-28/h6,8-13,23-25,28,33-35H,7H2,1-5H3,(H2,31,38)(H,32,36)/t23-,24+,25+,28?/m0/s1. The molecule has 2 aromatic carbocycles. The normalized spacial score (nSPS) is 21.2. The number of aliphatic hydroxyl groups is 1. The Morgan fingerprint density at radius 3 is 2.51 bits per heavy atom. The lowest BCUT2D eigenvalue weighted by molar-refractivity contribution is -0.304. The van der Waals surface area contributed by atoms with E-state index in [-0.39, 0.29) is 28.0 Å². The largest absolute Gasteiger partial charge is 0.508 e. The minimum absolute atomic E-state index is 0.0179. The van der Waals surface area contributed by atoms with Crippen LogP contribution in [0.4, 0.5) is 10.5 Å². The molecule has 1 aliphatic heterocycles. The van der Waals surface area contributed by atoms with Crippen LogP contribution in [0.3, 0.4) is 0 Å². The number of hydrogen-bond donors (Lipinski definition) is 5. The van der Waals surface area contributed by atoms with E-state index < -0.39 is 59.3 Å². The molecule has 0 spiro atoms. The number of nitrogens with one attached hydrogen (secondary N) is 1. The number of methoxy groups -OCH3 is 1. The number of allylic oxidation sites excluding steroid dienone is 2. The van der Waals surface area contributed by atoms with Crippen LogP contribution in [0.2, 0.25) is 0 Å². The van der Waals surface area contributed by atoms with E-state index in [2.05, 4.69) is 5.32 Å². The summed E-state index contributed by atoms with van der Waals surface area (Å²) in [5, 5.41) is 34.3. The van der Waals surface area contributed by atoms with Crippen molar-refractivity contribution in [1.82, 2.24) is 0 Å². The molecule has 6 N–H and O–H groups in total. The Hall–Kier alpha value is -4.59. The number of benzene rings is 2. The van der Waals surface area contributed by atoms with Crippen LogP contribution in [0, 0.1) is 0 Å². The van der Waals surface area contributed by atoms with Crippen molar-refractivity contribution in [3.8, 4) is 17.2 Å². The molecule has 230 valence electrons. The summed E-state index contributed by atoms with van der Waals surface area (Å²) >= 11 is 0. The number of fused-ring (bicyclic) bond motifs is 1. The third kappa shape index (κ3) is 6.74. The highest BCUT2D eigenvalue weighted by Gasteiger charge is 2.53. The molecule has 0 radical (unpaired) electrons. The number of carbonyl (C=O) groups excluding carboxylic acids is 2. The average molecular weight is 599 g/mol. The molecule has 3 aromatic rings. The number of anilines is 1. The lowest BCUT2D eigenvalue weighted by Crippen LogP contribution is -2.65. The minimum Gasteiger partial charge on any atom is -0.508 e. The zero-order chi connectivity index (χ0) is 31.6. The number of ether oxygens (including phenoxy) is 4. The topological polar surface area (TPSA) is 200 Å². The predicted molar refractivity (Wildman–Crippen MR) is 154 cm³/mol. The van der Waals surface area contributed by atoms with Crippen LogP contribution in [0.25, 0.3) is 11.0 Å². The highest BCUT2D eigenvalue weighted by atomic mass is 16.7. The zero-order valence-electron chi connectivity index (χ0n) is 24.2. The molecule has 1 aliphatic rings. The summed E-state index contributed by atoms with van der Waals surface area (Å²) in [4.78, 5) is 37.2. The van der Waals surface area contributed by atoms with E-state index in [1.807, 2.05) is 19.9 Å². The Morgan fingerprint density at radius 2 is 1.86 bits per heavy atom. The second-order valence-electron chi connectivity index (χ2n) is 10.8. The number of aromatic hydroxyl groups is 2. The van der Waals surface area contributed by atoms with E-state index in [9.17, 15) is 29.7 Å². The second-order valence-corrected chi connectivity index (χ2v) is 10.8. The number of hydrogen-bond acceptors (Lipinski definition) is 11. The van der Waals surface area contributed by atoms with Gasteiger partial charge in [-0.15, -0.1) is 0 Å². The fraction of sp³-hybridized carbons (Fsp3) is 0.367. The minimum atomic E-state index is -1.51. The maximum Gasteiger partial charge on any atom is 0.404 e. The Bertz CT molecular complexity index is 1620. The van der Waals surface area contributed by atoms with Crippen molar-refractivity contribution in [2.24, 2.45) is 5.73 Å². The summed E-state index contributed by atoms with van der Waals surface area (Å²) < 4.78 is 27.5. The van der Waals surface area contributed by atoms with Gasteiger partial charge in [0, 0.05) is 18.7 Å². The van der Waals surface area contributed by atoms with Crippen molar-refractivity contribution in [1.29, 1.82) is 0 Å². The van der Waals surface area contributed by atoms with Gasteiger partial charge in [-0.05, 0) is 70.0 Å². The van der Waals surface area contributed by atoms with Crippen molar-refractivity contribution >= 4 is 28.7 Å². The third-order valence-electron chi connectivity index (χ3n) is 6.94. The summed E-state index contributed by atoms with van der Waals surface area (Å²) in [5.41, 5.74) is 4.19. The quantitative estimate of drug-likeness (QED) is 0.188. The molecule has 0 bridgehead atoms. The van der Waals surface area contributed by atoms with Gasteiger partial charge in [0.15, 0.2) is 23.6 Å². The zero-order valence-corrected chi connectivity index (χ0v) is 24.2. The van der Waals surface area contributed by atoms with E-state index in [1.54, 1.807) is 13.8 Å². The summed E-state index contributed by atoms with van der Waals surface area (Å²) in [7, 11) is 1.36. The first-order valence-electron chi connectivity index (χ1n) is 13.3. The van der Waals surface area contributed by atoms with Crippen molar-refractivity contribution in [3.05, 3.63) is 69.6 Å². The Kier molecular flexibility index (Phi) is 8.99. The van der Waals surface area contributed by atoms with E-state index in [0.717, 1.165) is 5.57 Å². The van der Waals surface area contributed by atoms with Crippen LogP contribution in [-0.2, 0) is 20.6 Å². The SMILES string of the molecule is CO[C@@H]1[C@H](OC(N)=O)[C@H](O)C(Oc2ccc3c(O)c(NC(=O)c4ccc(O)c(CC=C(C)C)c4)c(=O)oc3c2)OC1(C)C. The highest BCUT2D eigenvalue weighted by molar-refractivity contribution is 6.06. The van der Waals surface area contributed by atoms with Crippen molar-refractivity contribution in [2.45, 2.75) is 64.3 Å². The molecule has 0 aliphatic carbocycles. The van der Waals surface area contributed by atoms with Gasteiger partial charge in [0.1, 0.15) is 23.2 Å². The molecule has 0 saturated carbocycles. The Balaban J connectivity index is 1.58. The summed E-state index contributed by atoms with van der Waals surface area (Å²) in [6, 6.07) is 8.33. The smallest absolute Gasteiger partial charge is 0.404 e. The number of phenolic OH excluding ortho intramolecular Hbond substituents is 1. The molecule has 1 saturated heterocycles. The van der Waals surface area contributed by atoms with Crippen molar-refractivity contribution in [2.75, 3.05) is 12.4 Å². The van der Waals surface area contributed by atoms with Gasteiger partial charge in [0.25, 0.3) is 5.91 Å². The van der Waals surface area contributed by atoms with Gasteiger partial charge in [-0.2, -0.15) is 0 Å². The summed E-state index contributed by atoms with van der Waals surface area (Å²) in [6.07, 6.45) is -3.79. The predicted octanol–water partition coefficient (Wildman–Crippen LogP) is 3.32. The van der Waals surface area contributed by atoms with Crippen molar-refractivity contribution in [3.63, 3.8) is 0 Å². The van der Waals surface area contributed by atoms with Gasteiger partial charge in [-0.3, -0.25) is 4.79 Å². The lowest BCUT2D eigenvalue weighted by Gasteiger charge is -2.47. The van der Waals surface area contributed by atoms with E-state index >= 15 is 0 Å². The maximum atomic E-state index is 12.9. The van der Waals surface area contributed by atoms with Crippen LogP contribution >= 0.6 is 0 Å².